The highest BCUT2D eigenvalue weighted by Gasteiger charge is 2.29. The highest BCUT2D eigenvalue weighted by Crippen LogP contribution is 2.33. The number of anilines is 1. The summed E-state index contributed by atoms with van der Waals surface area (Å²) in [5, 5.41) is 3.31. The molecule has 1 amide bonds. The second-order valence-corrected chi connectivity index (χ2v) is 8.35. The molecule has 7 nitrogen and oxygen atoms in total. The fourth-order valence-corrected chi connectivity index (χ4v) is 4.29. The summed E-state index contributed by atoms with van der Waals surface area (Å²) >= 11 is 0. The molecule has 1 aromatic heterocycles. The number of aromatic nitrogens is 2. The van der Waals surface area contributed by atoms with Gasteiger partial charge in [-0.1, -0.05) is 30.3 Å². The van der Waals surface area contributed by atoms with Gasteiger partial charge in [0.05, 0.1) is 14.2 Å². The third-order valence-corrected chi connectivity index (χ3v) is 5.90. The van der Waals surface area contributed by atoms with Gasteiger partial charge in [0.2, 0.25) is 11.9 Å². The number of benzene rings is 2. The van der Waals surface area contributed by atoms with Gasteiger partial charge in [0.15, 0.2) is 11.5 Å². The molecular formula is C26H30N4O3. The van der Waals surface area contributed by atoms with Gasteiger partial charge in [-0.05, 0) is 55.2 Å². The third-order valence-electron chi connectivity index (χ3n) is 5.90. The average Bonchev–Trinajstić information content (AvgIpc) is 2.82. The van der Waals surface area contributed by atoms with Crippen molar-refractivity contribution in [2.24, 2.45) is 0 Å². The average molecular weight is 447 g/mol. The maximum absolute atomic E-state index is 13.7. The standard InChI is InChI=1S/C26H30N4O3/c1-17-12-18(2)28-26(27-17)29-22(13-19-8-6-5-7-9-19)25(31)30-11-10-20-14-23(32-3)24(33-4)15-21(20)16-30/h5-9,12,14-15,22H,10-11,13,16H2,1-4H3,(H,27,28,29). The van der Waals surface area contributed by atoms with Gasteiger partial charge in [0.25, 0.3) is 0 Å². The molecule has 0 saturated heterocycles. The summed E-state index contributed by atoms with van der Waals surface area (Å²) < 4.78 is 10.9. The number of fused-ring (bicyclic) bond motifs is 1. The van der Waals surface area contributed by atoms with E-state index in [0.29, 0.717) is 37.0 Å². The van der Waals surface area contributed by atoms with E-state index in [2.05, 4.69) is 15.3 Å². The van der Waals surface area contributed by atoms with E-state index in [1.165, 1.54) is 5.56 Å². The lowest BCUT2D eigenvalue weighted by Crippen LogP contribution is -2.46. The molecule has 0 saturated carbocycles. The smallest absolute Gasteiger partial charge is 0.245 e. The van der Waals surface area contributed by atoms with Crippen molar-refractivity contribution in [1.82, 2.24) is 14.9 Å². The molecule has 4 rings (SSSR count). The van der Waals surface area contributed by atoms with E-state index in [9.17, 15) is 4.79 Å². The molecule has 33 heavy (non-hydrogen) atoms. The molecule has 0 aliphatic carbocycles. The highest BCUT2D eigenvalue weighted by molar-refractivity contribution is 5.85. The molecule has 1 aliphatic heterocycles. The zero-order chi connectivity index (χ0) is 23.4. The Kier molecular flexibility index (Phi) is 6.77. The molecule has 2 heterocycles. The number of methoxy groups -OCH3 is 2. The van der Waals surface area contributed by atoms with Crippen LogP contribution < -0.4 is 14.8 Å². The van der Waals surface area contributed by atoms with Crippen molar-refractivity contribution >= 4 is 11.9 Å². The lowest BCUT2D eigenvalue weighted by molar-refractivity contribution is -0.133. The first-order valence-corrected chi connectivity index (χ1v) is 11.1. The van der Waals surface area contributed by atoms with Crippen molar-refractivity contribution in [2.45, 2.75) is 39.3 Å². The summed E-state index contributed by atoms with van der Waals surface area (Å²) in [6.07, 6.45) is 1.31. The van der Waals surface area contributed by atoms with Gasteiger partial charge in [0, 0.05) is 30.9 Å². The Morgan fingerprint density at radius 1 is 1.00 bits per heavy atom. The van der Waals surface area contributed by atoms with Crippen LogP contribution in [0.4, 0.5) is 5.95 Å². The monoisotopic (exact) mass is 446 g/mol. The Hall–Kier alpha value is -3.61. The van der Waals surface area contributed by atoms with Crippen molar-refractivity contribution in [1.29, 1.82) is 0 Å². The van der Waals surface area contributed by atoms with Crippen LogP contribution in [0.15, 0.2) is 48.5 Å². The highest BCUT2D eigenvalue weighted by atomic mass is 16.5. The molecule has 1 N–H and O–H groups in total. The predicted octanol–water partition coefficient (Wildman–Crippen LogP) is 3.72. The molecule has 172 valence electrons. The maximum atomic E-state index is 13.7. The van der Waals surface area contributed by atoms with Crippen molar-refractivity contribution in [3.63, 3.8) is 0 Å². The van der Waals surface area contributed by atoms with Gasteiger partial charge in [-0.3, -0.25) is 4.79 Å². The first kappa shape index (κ1) is 22.6. The molecule has 1 unspecified atom stereocenters. The number of nitrogens with one attached hydrogen (secondary N) is 1. The fourth-order valence-electron chi connectivity index (χ4n) is 4.29. The normalized spacial score (nSPS) is 13.8. The third kappa shape index (κ3) is 5.25. The molecule has 3 aromatic rings. The number of ether oxygens (including phenoxy) is 2. The van der Waals surface area contributed by atoms with Crippen LogP contribution in [0.2, 0.25) is 0 Å². The Labute approximate surface area is 194 Å². The van der Waals surface area contributed by atoms with Gasteiger partial charge < -0.3 is 19.7 Å². The largest absolute Gasteiger partial charge is 0.493 e. The van der Waals surface area contributed by atoms with Gasteiger partial charge in [-0.25, -0.2) is 9.97 Å². The van der Waals surface area contributed by atoms with Crippen molar-refractivity contribution < 1.29 is 14.3 Å². The van der Waals surface area contributed by atoms with Crippen LogP contribution in [0.5, 0.6) is 11.5 Å². The lowest BCUT2D eigenvalue weighted by atomic mass is 9.97. The van der Waals surface area contributed by atoms with Gasteiger partial charge in [0.1, 0.15) is 6.04 Å². The van der Waals surface area contributed by atoms with E-state index in [4.69, 9.17) is 9.47 Å². The van der Waals surface area contributed by atoms with E-state index in [0.717, 1.165) is 28.9 Å². The number of amides is 1. The quantitative estimate of drug-likeness (QED) is 0.596. The van der Waals surface area contributed by atoms with Gasteiger partial charge in [-0.2, -0.15) is 0 Å². The summed E-state index contributed by atoms with van der Waals surface area (Å²) in [6.45, 7) is 5.02. The van der Waals surface area contributed by atoms with Crippen LogP contribution in [-0.4, -0.2) is 47.6 Å². The molecule has 0 bridgehead atoms. The summed E-state index contributed by atoms with van der Waals surface area (Å²) in [5.74, 6) is 1.90. The second-order valence-electron chi connectivity index (χ2n) is 8.35. The van der Waals surface area contributed by atoms with E-state index >= 15 is 0 Å². The number of hydrogen-bond acceptors (Lipinski definition) is 6. The number of carbonyl (C=O) groups excluding carboxylic acids is 1. The van der Waals surface area contributed by atoms with E-state index < -0.39 is 6.04 Å². The molecule has 7 heteroatoms. The SMILES string of the molecule is COc1cc2c(cc1OC)CN(C(=O)C(Cc1ccccc1)Nc1nc(C)cc(C)n1)CC2. The Balaban J connectivity index is 1.59. The van der Waals surface area contributed by atoms with E-state index in [1.54, 1.807) is 14.2 Å². The topological polar surface area (TPSA) is 76.6 Å². The molecule has 2 aromatic carbocycles. The minimum absolute atomic E-state index is 0.0297. The number of carbonyl (C=O) groups is 1. The minimum Gasteiger partial charge on any atom is -0.493 e. The van der Waals surface area contributed by atoms with Gasteiger partial charge in [-0.15, -0.1) is 0 Å². The van der Waals surface area contributed by atoms with Crippen LogP contribution in [0, 0.1) is 13.8 Å². The second kappa shape index (κ2) is 9.90. The van der Waals surface area contributed by atoms with Crippen molar-refractivity contribution in [3.05, 3.63) is 76.6 Å². The molecule has 0 fully saturated rings. The number of aryl methyl sites for hydroxylation is 2. The van der Waals surface area contributed by atoms with Crippen LogP contribution in [-0.2, 0) is 24.2 Å². The first-order valence-electron chi connectivity index (χ1n) is 11.1. The summed E-state index contributed by atoms with van der Waals surface area (Å²) in [4.78, 5) is 24.6. The van der Waals surface area contributed by atoms with Crippen LogP contribution in [0.3, 0.4) is 0 Å². The summed E-state index contributed by atoms with van der Waals surface area (Å²) in [6, 6.07) is 15.4. The van der Waals surface area contributed by atoms with E-state index in [-0.39, 0.29) is 5.91 Å². The maximum Gasteiger partial charge on any atom is 0.245 e. The zero-order valence-corrected chi connectivity index (χ0v) is 19.6. The lowest BCUT2D eigenvalue weighted by Gasteiger charge is -2.32. The van der Waals surface area contributed by atoms with E-state index in [1.807, 2.05) is 67.3 Å². The number of hydrogen-bond donors (Lipinski definition) is 1. The molecule has 0 radical (unpaired) electrons. The van der Waals surface area contributed by atoms with Gasteiger partial charge >= 0.3 is 0 Å². The Bertz CT molecular complexity index is 1110. The molecular weight excluding hydrogens is 416 g/mol. The molecule has 1 atom stereocenters. The van der Waals surface area contributed by atoms with Crippen molar-refractivity contribution in [3.8, 4) is 11.5 Å². The van der Waals surface area contributed by atoms with Crippen LogP contribution in [0.25, 0.3) is 0 Å². The first-order chi connectivity index (χ1) is 16.0. The minimum atomic E-state index is -0.477. The molecule has 1 aliphatic rings. The predicted molar refractivity (Wildman–Crippen MR) is 128 cm³/mol. The summed E-state index contributed by atoms with van der Waals surface area (Å²) in [5.41, 5.74) is 5.07. The van der Waals surface area contributed by atoms with Crippen LogP contribution >= 0.6 is 0 Å². The Morgan fingerprint density at radius 2 is 1.64 bits per heavy atom. The fraction of sp³-hybridized carbons (Fsp3) is 0.346. The van der Waals surface area contributed by atoms with Crippen molar-refractivity contribution in [2.75, 3.05) is 26.1 Å². The zero-order valence-electron chi connectivity index (χ0n) is 19.6. The van der Waals surface area contributed by atoms with Crippen LogP contribution in [0.1, 0.15) is 28.1 Å². The number of rotatable bonds is 7. The Morgan fingerprint density at radius 3 is 2.27 bits per heavy atom. The molecule has 0 spiro atoms. The number of nitrogens with zero attached hydrogens (tertiary/aromatic N) is 3. The summed E-state index contributed by atoms with van der Waals surface area (Å²) in [7, 11) is 3.26.